The maximum absolute atomic E-state index is 12.8. The van der Waals surface area contributed by atoms with Crippen molar-refractivity contribution in [1.82, 2.24) is 0 Å². The maximum atomic E-state index is 12.8. The van der Waals surface area contributed by atoms with Gasteiger partial charge in [-0.2, -0.15) is 21.6 Å². The smallest absolute Gasteiger partial charge is 0.376 e. The minimum Gasteiger partial charge on any atom is -0.376 e. The van der Waals surface area contributed by atoms with Crippen molar-refractivity contribution in [3.05, 3.63) is 64.2 Å². The summed E-state index contributed by atoms with van der Waals surface area (Å²) in [4.78, 5) is 0. The monoisotopic (exact) mass is 512 g/mol. The molecule has 0 saturated carbocycles. The molecule has 0 amide bonds. The first-order valence-electron chi connectivity index (χ1n) is 12.2. The predicted molar refractivity (Wildman–Crippen MR) is 136 cm³/mol. The van der Waals surface area contributed by atoms with Gasteiger partial charge in [0.2, 0.25) is 0 Å². The lowest BCUT2D eigenvalue weighted by molar-refractivity contribution is -0.0500. The van der Waals surface area contributed by atoms with Gasteiger partial charge in [0.15, 0.2) is 0 Å². The predicted octanol–water partition coefficient (Wildman–Crippen LogP) is 8.25. The zero-order valence-corrected chi connectivity index (χ0v) is 23.0. The fraction of sp³-hybridized carbons (Fsp3) is 0.571. The Morgan fingerprint density at radius 1 is 0.886 bits per heavy atom. The molecule has 2 aromatic rings. The largest absolute Gasteiger partial charge is 0.534 e. The van der Waals surface area contributed by atoms with Crippen LogP contribution in [0.25, 0.3) is 0 Å². The van der Waals surface area contributed by atoms with Crippen LogP contribution in [-0.2, 0) is 22.0 Å². The third-order valence-electron chi connectivity index (χ3n) is 7.64. The molecule has 196 valence electrons. The topological polar surface area (TPSA) is 43.4 Å². The molecule has 0 aliphatic rings. The molecule has 0 N–H and O–H groups in total. The Balaban J connectivity index is 2.40. The van der Waals surface area contributed by atoms with Gasteiger partial charge in [-0.15, -0.1) is 0 Å². The summed E-state index contributed by atoms with van der Waals surface area (Å²) in [5.41, 5.74) is -0.612. The third kappa shape index (κ3) is 6.41. The van der Waals surface area contributed by atoms with Crippen LogP contribution < -0.4 is 4.18 Å². The van der Waals surface area contributed by atoms with E-state index in [0.29, 0.717) is 11.5 Å². The molecule has 0 saturated heterocycles. The second kappa shape index (κ2) is 10.5. The average Bonchev–Trinajstić information content (AvgIpc) is 2.74. The second-order valence-corrected chi connectivity index (χ2v) is 12.2. The molecule has 2 rings (SSSR count). The van der Waals surface area contributed by atoms with E-state index in [1.54, 1.807) is 19.1 Å². The van der Waals surface area contributed by atoms with E-state index < -0.39 is 15.6 Å². The highest BCUT2D eigenvalue weighted by Gasteiger charge is 2.48. The number of hydrogen-bond acceptors (Lipinski definition) is 3. The number of alkyl halides is 3. The van der Waals surface area contributed by atoms with Crippen LogP contribution in [0.2, 0.25) is 0 Å². The molecule has 0 bridgehead atoms. The highest BCUT2D eigenvalue weighted by atomic mass is 32.2. The van der Waals surface area contributed by atoms with Crippen LogP contribution in [0.3, 0.4) is 0 Å². The van der Waals surface area contributed by atoms with Crippen LogP contribution in [0.4, 0.5) is 13.2 Å². The highest BCUT2D eigenvalue weighted by molar-refractivity contribution is 7.88. The van der Waals surface area contributed by atoms with Crippen molar-refractivity contribution in [2.75, 3.05) is 0 Å². The quantitative estimate of drug-likeness (QED) is 0.251. The van der Waals surface area contributed by atoms with Gasteiger partial charge in [-0.3, -0.25) is 0 Å². The lowest BCUT2D eigenvalue weighted by atomic mass is 9.69. The van der Waals surface area contributed by atoms with Crippen LogP contribution in [-0.4, -0.2) is 13.9 Å². The summed E-state index contributed by atoms with van der Waals surface area (Å²) in [6.45, 7) is 17.0. The molecular formula is C28H39F3O3S. The first-order chi connectivity index (χ1) is 16.0. The Bertz CT molecular complexity index is 1130. The molecule has 0 aromatic heterocycles. The molecule has 35 heavy (non-hydrogen) atoms. The van der Waals surface area contributed by atoms with Crippen molar-refractivity contribution in [2.45, 2.75) is 92.0 Å². The van der Waals surface area contributed by atoms with E-state index in [1.165, 1.54) is 17.2 Å². The fourth-order valence-corrected chi connectivity index (χ4v) is 5.04. The summed E-state index contributed by atoms with van der Waals surface area (Å²) < 4.78 is 65.6. The number of benzene rings is 2. The van der Waals surface area contributed by atoms with Gasteiger partial charge in [0.1, 0.15) is 5.75 Å². The number of hydrogen-bond donors (Lipinski definition) is 0. The molecule has 0 heterocycles. The highest BCUT2D eigenvalue weighted by Crippen LogP contribution is 2.41. The minimum atomic E-state index is -5.72. The standard InChI is InChI=1S/C28H39F3O3S/c1-9-27(10-2,23-14-13-22(19(3)17-23)12-11-21(5)26(6,7)8)24-15-16-25(20(4)18-24)34-35(32,33)28(29,30)31/h13-18,21H,9-12H2,1-8H3. The molecule has 0 fully saturated rings. The van der Waals surface area contributed by atoms with Gasteiger partial charge in [-0.05, 0) is 84.7 Å². The fourth-order valence-electron chi connectivity index (χ4n) is 4.52. The molecule has 0 spiro atoms. The summed E-state index contributed by atoms with van der Waals surface area (Å²) in [5.74, 6) is 0.281. The van der Waals surface area contributed by atoms with E-state index in [2.05, 4.69) is 70.8 Å². The molecule has 0 radical (unpaired) electrons. The molecule has 0 aliphatic carbocycles. The van der Waals surface area contributed by atoms with Gasteiger partial charge < -0.3 is 4.18 Å². The third-order valence-corrected chi connectivity index (χ3v) is 8.60. The summed E-state index contributed by atoms with van der Waals surface area (Å²) in [7, 11) is -5.72. The van der Waals surface area contributed by atoms with Gasteiger partial charge in [-0.1, -0.05) is 71.9 Å². The summed E-state index contributed by atoms with van der Waals surface area (Å²) in [6.07, 6.45) is 3.68. The SMILES string of the molecule is CCC(CC)(c1ccc(CCC(C)C(C)(C)C)c(C)c1)c1ccc(OS(=O)(=O)C(F)(F)F)c(C)c1. The zero-order valence-electron chi connectivity index (χ0n) is 22.1. The molecule has 1 unspecified atom stereocenters. The zero-order chi connectivity index (χ0) is 26.8. The minimum absolute atomic E-state index is 0.264. The van der Waals surface area contributed by atoms with Crippen LogP contribution >= 0.6 is 0 Å². The maximum Gasteiger partial charge on any atom is 0.534 e. The number of aryl methyl sites for hydroxylation is 3. The van der Waals surface area contributed by atoms with Crippen LogP contribution in [0.15, 0.2) is 36.4 Å². The van der Waals surface area contributed by atoms with Gasteiger partial charge >= 0.3 is 15.6 Å². The summed E-state index contributed by atoms with van der Waals surface area (Å²) >= 11 is 0. The van der Waals surface area contributed by atoms with Gasteiger partial charge in [-0.25, -0.2) is 0 Å². The van der Waals surface area contributed by atoms with Crippen molar-refractivity contribution in [1.29, 1.82) is 0 Å². The van der Waals surface area contributed by atoms with Crippen molar-refractivity contribution in [3.63, 3.8) is 0 Å². The van der Waals surface area contributed by atoms with E-state index in [4.69, 9.17) is 0 Å². The molecular weight excluding hydrogens is 473 g/mol. The van der Waals surface area contributed by atoms with E-state index in [0.717, 1.165) is 36.8 Å². The normalized spacial score (nSPS) is 14.1. The van der Waals surface area contributed by atoms with Gasteiger partial charge in [0, 0.05) is 5.41 Å². The van der Waals surface area contributed by atoms with E-state index in [9.17, 15) is 21.6 Å². The van der Waals surface area contributed by atoms with Crippen LogP contribution in [0.5, 0.6) is 5.75 Å². The second-order valence-electron chi connectivity index (χ2n) is 10.7. The van der Waals surface area contributed by atoms with Crippen molar-refractivity contribution in [2.24, 2.45) is 11.3 Å². The van der Waals surface area contributed by atoms with Crippen LogP contribution in [0.1, 0.15) is 88.6 Å². The van der Waals surface area contributed by atoms with Crippen molar-refractivity contribution in [3.8, 4) is 5.75 Å². The van der Waals surface area contributed by atoms with E-state index in [1.807, 2.05) is 0 Å². The molecule has 1 atom stereocenters. The Kier molecular flexibility index (Phi) is 8.79. The Morgan fingerprint density at radius 3 is 1.83 bits per heavy atom. The van der Waals surface area contributed by atoms with E-state index in [-0.39, 0.29) is 16.6 Å². The first-order valence-corrected chi connectivity index (χ1v) is 13.6. The average molecular weight is 513 g/mol. The summed E-state index contributed by atoms with van der Waals surface area (Å²) in [5, 5.41) is 0. The number of rotatable bonds is 9. The lowest BCUT2D eigenvalue weighted by Crippen LogP contribution is -2.29. The lowest BCUT2D eigenvalue weighted by Gasteiger charge is -2.34. The van der Waals surface area contributed by atoms with Crippen LogP contribution in [0, 0.1) is 25.2 Å². The molecule has 3 nitrogen and oxygen atoms in total. The van der Waals surface area contributed by atoms with Gasteiger partial charge in [0.05, 0.1) is 0 Å². The Hall–Kier alpha value is -2.02. The first kappa shape index (κ1) is 29.2. The Labute approximate surface area is 209 Å². The number of halogens is 3. The van der Waals surface area contributed by atoms with Crippen molar-refractivity contribution >= 4 is 10.1 Å². The molecule has 0 aliphatic heterocycles. The molecule has 2 aromatic carbocycles. The van der Waals surface area contributed by atoms with Gasteiger partial charge in [0.25, 0.3) is 0 Å². The van der Waals surface area contributed by atoms with E-state index >= 15 is 0 Å². The summed E-state index contributed by atoms with van der Waals surface area (Å²) in [6, 6.07) is 11.3. The Morgan fingerprint density at radius 2 is 1.40 bits per heavy atom. The van der Waals surface area contributed by atoms with Crippen molar-refractivity contribution < 1.29 is 25.8 Å². The molecule has 7 heteroatoms.